The summed E-state index contributed by atoms with van der Waals surface area (Å²) in [6.45, 7) is 1.59. The van der Waals surface area contributed by atoms with Gasteiger partial charge in [-0.3, -0.25) is 9.59 Å². The highest BCUT2D eigenvalue weighted by atomic mass is 16.5. The molecule has 1 heterocycles. The minimum absolute atomic E-state index is 0.0118. The van der Waals surface area contributed by atoms with Crippen molar-refractivity contribution in [2.75, 3.05) is 44.5 Å². The summed E-state index contributed by atoms with van der Waals surface area (Å²) in [5.74, 6) is 0.475. The summed E-state index contributed by atoms with van der Waals surface area (Å²) in [7, 11) is 5.39. The summed E-state index contributed by atoms with van der Waals surface area (Å²) >= 11 is 0. The zero-order chi connectivity index (χ0) is 19.4. The Morgan fingerprint density at radius 2 is 1.63 bits per heavy atom. The second-order valence-corrected chi connectivity index (χ2v) is 6.81. The molecule has 1 saturated heterocycles. The monoisotopic (exact) mass is 367 g/mol. The van der Waals surface area contributed by atoms with Crippen molar-refractivity contribution >= 4 is 23.2 Å². The van der Waals surface area contributed by atoms with E-state index in [1.807, 2.05) is 36.0 Å². The molecule has 1 fully saturated rings. The molecule has 6 heteroatoms. The van der Waals surface area contributed by atoms with Gasteiger partial charge in [0.15, 0.2) is 0 Å². The Bertz CT molecular complexity index is 825. The van der Waals surface area contributed by atoms with Crippen LogP contribution < -0.4 is 15.0 Å². The Labute approximate surface area is 159 Å². The number of benzene rings is 2. The number of likely N-dealkylation sites (tertiary alicyclic amines) is 1. The van der Waals surface area contributed by atoms with E-state index < -0.39 is 0 Å². The first-order valence-electron chi connectivity index (χ1n) is 9.05. The van der Waals surface area contributed by atoms with Crippen LogP contribution in [0.2, 0.25) is 0 Å². The lowest BCUT2D eigenvalue weighted by molar-refractivity contribution is 0.0792. The van der Waals surface area contributed by atoms with Gasteiger partial charge in [-0.2, -0.15) is 0 Å². The predicted octanol–water partition coefficient (Wildman–Crippen LogP) is 3.25. The van der Waals surface area contributed by atoms with Crippen molar-refractivity contribution < 1.29 is 14.3 Å². The molecule has 0 aromatic heterocycles. The maximum Gasteiger partial charge on any atom is 0.255 e. The fourth-order valence-electron chi connectivity index (χ4n) is 3.20. The lowest BCUT2D eigenvalue weighted by Crippen LogP contribution is -2.28. The smallest absolute Gasteiger partial charge is 0.255 e. The van der Waals surface area contributed by atoms with Crippen molar-refractivity contribution in [2.45, 2.75) is 12.8 Å². The number of hydrogen-bond donors (Lipinski definition) is 1. The molecule has 1 N–H and O–H groups in total. The molecule has 142 valence electrons. The number of carbonyl (C=O) groups is 2. The number of hydrogen-bond acceptors (Lipinski definition) is 4. The summed E-state index contributed by atoms with van der Waals surface area (Å²) in [5.41, 5.74) is 2.57. The number of amides is 2. The SMILES string of the molecule is COc1ccc(C(=O)Nc2cc(C(=O)N3CCCC3)ccc2N(C)C)cc1. The lowest BCUT2D eigenvalue weighted by Gasteiger charge is -2.21. The molecular weight excluding hydrogens is 342 g/mol. The molecule has 2 amide bonds. The third-order valence-corrected chi connectivity index (χ3v) is 4.72. The van der Waals surface area contributed by atoms with Crippen molar-refractivity contribution in [1.29, 1.82) is 0 Å². The standard InChI is InChI=1S/C21H25N3O3/c1-23(2)19-11-8-16(21(26)24-12-4-5-13-24)14-18(19)22-20(25)15-6-9-17(27-3)10-7-15/h6-11,14H,4-5,12-13H2,1-3H3,(H,22,25). The Morgan fingerprint density at radius 1 is 1.00 bits per heavy atom. The van der Waals surface area contributed by atoms with Crippen LogP contribution in [-0.4, -0.2) is 51.0 Å². The van der Waals surface area contributed by atoms with E-state index in [1.165, 1.54) is 0 Å². The minimum atomic E-state index is -0.230. The van der Waals surface area contributed by atoms with E-state index in [9.17, 15) is 9.59 Å². The first-order valence-corrected chi connectivity index (χ1v) is 9.05. The van der Waals surface area contributed by atoms with Crippen molar-refractivity contribution in [1.82, 2.24) is 4.90 Å². The number of rotatable bonds is 5. The number of ether oxygens (including phenoxy) is 1. The third kappa shape index (κ3) is 4.22. The first kappa shape index (κ1) is 18.8. The molecule has 0 atom stereocenters. The van der Waals surface area contributed by atoms with Gasteiger partial charge in [-0.15, -0.1) is 0 Å². The number of nitrogens with one attached hydrogen (secondary N) is 1. The molecule has 2 aromatic rings. The van der Waals surface area contributed by atoms with Gasteiger partial charge >= 0.3 is 0 Å². The second kappa shape index (κ2) is 8.12. The van der Waals surface area contributed by atoms with Crippen LogP contribution in [-0.2, 0) is 0 Å². The van der Waals surface area contributed by atoms with Gasteiger partial charge in [0.25, 0.3) is 11.8 Å². The van der Waals surface area contributed by atoms with E-state index in [0.29, 0.717) is 22.6 Å². The van der Waals surface area contributed by atoms with Crippen LogP contribution in [0.4, 0.5) is 11.4 Å². The maximum atomic E-state index is 12.7. The van der Waals surface area contributed by atoms with Crippen LogP contribution >= 0.6 is 0 Å². The molecule has 0 saturated carbocycles. The van der Waals surface area contributed by atoms with E-state index in [4.69, 9.17) is 4.74 Å². The summed E-state index contributed by atoms with van der Waals surface area (Å²) in [5, 5.41) is 2.94. The van der Waals surface area contributed by atoms with E-state index >= 15 is 0 Å². The molecule has 0 aliphatic carbocycles. The highest BCUT2D eigenvalue weighted by molar-refractivity contribution is 6.07. The second-order valence-electron chi connectivity index (χ2n) is 6.81. The number of carbonyl (C=O) groups excluding carboxylic acids is 2. The number of nitrogens with zero attached hydrogens (tertiary/aromatic N) is 2. The van der Waals surface area contributed by atoms with E-state index in [0.717, 1.165) is 31.6 Å². The Kier molecular flexibility index (Phi) is 5.64. The molecule has 0 radical (unpaired) electrons. The molecule has 3 rings (SSSR count). The molecule has 0 unspecified atom stereocenters. The maximum absolute atomic E-state index is 12.7. The molecule has 2 aromatic carbocycles. The Balaban J connectivity index is 1.85. The number of anilines is 2. The van der Waals surface area contributed by atoms with Gasteiger partial charge < -0.3 is 19.9 Å². The lowest BCUT2D eigenvalue weighted by atomic mass is 10.1. The molecule has 1 aliphatic heterocycles. The van der Waals surface area contributed by atoms with Crippen LogP contribution in [0, 0.1) is 0 Å². The van der Waals surface area contributed by atoms with Gasteiger partial charge in [0.05, 0.1) is 18.5 Å². The van der Waals surface area contributed by atoms with Crippen LogP contribution in [0.3, 0.4) is 0 Å². The van der Waals surface area contributed by atoms with Crippen molar-refractivity contribution in [3.63, 3.8) is 0 Å². The van der Waals surface area contributed by atoms with Gasteiger partial charge in [-0.05, 0) is 55.3 Å². The average molecular weight is 367 g/mol. The van der Waals surface area contributed by atoms with E-state index in [1.54, 1.807) is 37.4 Å². The first-order chi connectivity index (χ1) is 13.0. The van der Waals surface area contributed by atoms with Crippen molar-refractivity contribution in [2.24, 2.45) is 0 Å². The van der Waals surface area contributed by atoms with Crippen LogP contribution in [0.25, 0.3) is 0 Å². The fourth-order valence-corrected chi connectivity index (χ4v) is 3.20. The molecule has 0 bridgehead atoms. The normalized spacial score (nSPS) is 13.4. The van der Waals surface area contributed by atoms with Gasteiger partial charge in [0, 0.05) is 38.3 Å². The van der Waals surface area contributed by atoms with E-state index in [2.05, 4.69) is 5.32 Å². The molecule has 6 nitrogen and oxygen atoms in total. The van der Waals surface area contributed by atoms with Gasteiger partial charge in [0.1, 0.15) is 5.75 Å². The summed E-state index contributed by atoms with van der Waals surface area (Å²) in [6.07, 6.45) is 2.09. The molecule has 27 heavy (non-hydrogen) atoms. The third-order valence-electron chi connectivity index (χ3n) is 4.72. The van der Waals surface area contributed by atoms with Crippen LogP contribution in [0.15, 0.2) is 42.5 Å². The topological polar surface area (TPSA) is 61.9 Å². The van der Waals surface area contributed by atoms with Crippen LogP contribution in [0.5, 0.6) is 5.75 Å². The van der Waals surface area contributed by atoms with Gasteiger partial charge in [-0.1, -0.05) is 0 Å². The summed E-state index contributed by atoms with van der Waals surface area (Å²) < 4.78 is 5.13. The summed E-state index contributed by atoms with van der Waals surface area (Å²) in [4.78, 5) is 29.1. The fraction of sp³-hybridized carbons (Fsp3) is 0.333. The summed E-state index contributed by atoms with van der Waals surface area (Å²) in [6, 6.07) is 12.4. The van der Waals surface area contributed by atoms with Gasteiger partial charge in [-0.25, -0.2) is 0 Å². The molecule has 1 aliphatic rings. The van der Waals surface area contributed by atoms with Crippen molar-refractivity contribution in [3.8, 4) is 5.75 Å². The Hall–Kier alpha value is -3.02. The largest absolute Gasteiger partial charge is 0.497 e. The average Bonchev–Trinajstić information content (AvgIpc) is 3.22. The highest BCUT2D eigenvalue weighted by Gasteiger charge is 2.21. The zero-order valence-electron chi connectivity index (χ0n) is 16.0. The van der Waals surface area contributed by atoms with Crippen molar-refractivity contribution in [3.05, 3.63) is 53.6 Å². The zero-order valence-corrected chi connectivity index (χ0v) is 16.0. The van der Waals surface area contributed by atoms with Gasteiger partial charge in [0.2, 0.25) is 0 Å². The highest BCUT2D eigenvalue weighted by Crippen LogP contribution is 2.27. The number of methoxy groups -OCH3 is 1. The Morgan fingerprint density at radius 3 is 2.22 bits per heavy atom. The quantitative estimate of drug-likeness (QED) is 0.881. The molecule has 0 spiro atoms. The molecular formula is C21H25N3O3. The van der Waals surface area contributed by atoms with E-state index in [-0.39, 0.29) is 11.8 Å². The van der Waals surface area contributed by atoms with Crippen LogP contribution in [0.1, 0.15) is 33.6 Å². The minimum Gasteiger partial charge on any atom is -0.497 e. The predicted molar refractivity (Wildman–Crippen MR) is 107 cm³/mol.